The lowest BCUT2D eigenvalue weighted by Gasteiger charge is -2.43. The summed E-state index contributed by atoms with van der Waals surface area (Å²) in [5, 5.41) is 5.09. The number of hydrogen-bond acceptors (Lipinski definition) is 3. The van der Waals surface area contributed by atoms with Crippen molar-refractivity contribution in [3.63, 3.8) is 0 Å². The second kappa shape index (κ2) is 7.62. The van der Waals surface area contributed by atoms with Gasteiger partial charge in [-0.1, -0.05) is 19.8 Å². The van der Waals surface area contributed by atoms with Gasteiger partial charge in [-0.2, -0.15) is 0 Å². The van der Waals surface area contributed by atoms with E-state index < -0.39 is 0 Å². The third-order valence-corrected chi connectivity index (χ3v) is 4.49. The van der Waals surface area contributed by atoms with Crippen LogP contribution in [0, 0.1) is 5.92 Å². The Balaban J connectivity index is 1.79. The lowest BCUT2D eigenvalue weighted by molar-refractivity contribution is -0.122. The number of hydrogen-bond donors (Lipinski definition) is 2. The van der Waals surface area contributed by atoms with E-state index in [-0.39, 0.29) is 11.9 Å². The summed E-state index contributed by atoms with van der Waals surface area (Å²) in [7, 11) is 0. The Morgan fingerprint density at radius 1 is 1.15 bits per heavy atom. The molecule has 2 fully saturated rings. The first kappa shape index (κ1) is 15.3. The van der Waals surface area contributed by atoms with E-state index >= 15 is 0 Å². The third kappa shape index (κ3) is 4.20. The van der Waals surface area contributed by atoms with Crippen molar-refractivity contribution in [1.82, 2.24) is 15.5 Å². The highest BCUT2D eigenvalue weighted by Gasteiger charge is 2.33. The Bertz CT molecular complexity index is 344. The van der Waals surface area contributed by atoms with Gasteiger partial charge in [0, 0.05) is 12.6 Å². The Kier molecular flexibility index (Phi) is 5.83. The molecule has 0 spiro atoms. The molecule has 2 rings (SSSR count). The zero-order valence-corrected chi connectivity index (χ0v) is 12.5. The van der Waals surface area contributed by atoms with Gasteiger partial charge >= 0.3 is 6.03 Å². The maximum absolute atomic E-state index is 11.9. The maximum atomic E-state index is 11.9. The van der Waals surface area contributed by atoms with E-state index in [9.17, 15) is 9.59 Å². The first-order valence-electron chi connectivity index (χ1n) is 8.02. The number of fused-ring (bicyclic) bond motifs is 1. The molecule has 5 heteroatoms. The lowest BCUT2D eigenvalue weighted by atomic mass is 9.78. The highest BCUT2D eigenvalue weighted by Crippen LogP contribution is 2.34. The second-order valence-electron chi connectivity index (χ2n) is 6.03. The minimum atomic E-state index is -0.367. The molecular weight excluding hydrogens is 254 g/mol. The van der Waals surface area contributed by atoms with Crippen molar-refractivity contribution in [3.8, 4) is 0 Å². The first-order valence-corrected chi connectivity index (χ1v) is 8.02. The smallest absolute Gasteiger partial charge is 0.321 e. The van der Waals surface area contributed by atoms with Gasteiger partial charge in [-0.3, -0.25) is 15.0 Å². The Morgan fingerprint density at radius 3 is 2.70 bits per heavy atom. The average Bonchev–Trinajstić information content (AvgIpc) is 2.45. The molecule has 0 aromatic heterocycles. The van der Waals surface area contributed by atoms with Crippen LogP contribution in [0.25, 0.3) is 0 Å². The van der Waals surface area contributed by atoms with E-state index in [0.29, 0.717) is 19.1 Å². The summed E-state index contributed by atoms with van der Waals surface area (Å²) in [5.41, 5.74) is 0. The highest BCUT2D eigenvalue weighted by atomic mass is 16.2. The molecule has 0 unspecified atom stereocenters. The molecular formula is C15H27N3O2. The van der Waals surface area contributed by atoms with Crippen LogP contribution in [0.4, 0.5) is 4.79 Å². The normalized spacial score (nSPS) is 26.6. The molecule has 1 aliphatic heterocycles. The number of nitrogens with one attached hydrogen (secondary N) is 2. The van der Waals surface area contributed by atoms with Gasteiger partial charge in [0.05, 0.1) is 6.54 Å². The van der Waals surface area contributed by atoms with Crippen molar-refractivity contribution in [3.05, 3.63) is 0 Å². The lowest BCUT2D eigenvalue weighted by Crippen LogP contribution is -2.52. The summed E-state index contributed by atoms with van der Waals surface area (Å²) in [6.45, 7) is 3.94. The van der Waals surface area contributed by atoms with Gasteiger partial charge in [-0.15, -0.1) is 0 Å². The SMILES string of the molecule is CCCNC(=O)NC(=O)CN1CCC[C@H]2CCCC[C@@H]21. The Labute approximate surface area is 121 Å². The van der Waals surface area contributed by atoms with Crippen LogP contribution in [-0.2, 0) is 4.79 Å². The number of likely N-dealkylation sites (tertiary alicyclic amines) is 1. The van der Waals surface area contributed by atoms with Gasteiger partial charge < -0.3 is 5.32 Å². The molecule has 1 saturated carbocycles. The van der Waals surface area contributed by atoms with Gasteiger partial charge in [0.25, 0.3) is 0 Å². The van der Waals surface area contributed by atoms with Crippen LogP contribution in [0.15, 0.2) is 0 Å². The van der Waals surface area contributed by atoms with Crippen molar-refractivity contribution in [2.75, 3.05) is 19.6 Å². The minimum absolute atomic E-state index is 0.176. The predicted octanol–water partition coefficient (Wildman–Crippen LogP) is 1.88. The molecule has 2 N–H and O–H groups in total. The number of nitrogens with zero attached hydrogens (tertiary/aromatic N) is 1. The largest absolute Gasteiger partial charge is 0.338 e. The van der Waals surface area contributed by atoms with Gasteiger partial charge in [0.15, 0.2) is 0 Å². The van der Waals surface area contributed by atoms with Crippen molar-refractivity contribution >= 4 is 11.9 Å². The minimum Gasteiger partial charge on any atom is -0.338 e. The number of carbonyl (C=O) groups is 2. The van der Waals surface area contributed by atoms with E-state index in [4.69, 9.17) is 0 Å². The molecule has 1 heterocycles. The molecule has 20 heavy (non-hydrogen) atoms. The van der Waals surface area contributed by atoms with Gasteiger partial charge in [-0.25, -0.2) is 4.79 Å². The number of piperidine rings is 1. The zero-order valence-electron chi connectivity index (χ0n) is 12.5. The van der Waals surface area contributed by atoms with E-state index in [0.717, 1.165) is 18.9 Å². The van der Waals surface area contributed by atoms with Crippen molar-refractivity contribution in [2.24, 2.45) is 5.92 Å². The topological polar surface area (TPSA) is 61.4 Å². The molecule has 2 atom stereocenters. The predicted molar refractivity (Wildman–Crippen MR) is 78.4 cm³/mol. The molecule has 2 aliphatic rings. The van der Waals surface area contributed by atoms with Crippen LogP contribution in [0.5, 0.6) is 0 Å². The van der Waals surface area contributed by atoms with Crippen LogP contribution in [0.1, 0.15) is 51.9 Å². The van der Waals surface area contributed by atoms with Gasteiger partial charge in [0.2, 0.25) is 5.91 Å². The fourth-order valence-corrected chi connectivity index (χ4v) is 3.56. The summed E-state index contributed by atoms with van der Waals surface area (Å²) in [6.07, 6.45) is 8.48. The van der Waals surface area contributed by atoms with E-state index in [2.05, 4.69) is 15.5 Å². The number of amides is 3. The van der Waals surface area contributed by atoms with E-state index in [1.165, 1.54) is 38.5 Å². The van der Waals surface area contributed by atoms with E-state index in [1.54, 1.807) is 0 Å². The number of imide groups is 1. The number of rotatable bonds is 4. The molecule has 0 aromatic rings. The molecule has 3 amide bonds. The van der Waals surface area contributed by atoms with Crippen molar-refractivity contribution in [2.45, 2.75) is 57.9 Å². The molecule has 0 radical (unpaired) electrons. The summed E-state index contributed by atoms with van der Waals surface area (Å²) < 4.78 is 0. The summed E-state index contributed by atoms with van der Waals surface area (Å²) in [4.78, 5) is 25.7. The molecule has 1 saturated heterocycles. The van der Waals surface area contributed by atoms with Crippen LogP contribution in [0.2, 0.25) is 0 Å². The standard InChI is InChI=1S/C15H27N3O2/c1-2-9-16-15(20)17-14(19)11-18-10-5-7-12-6-3-4-8-13(12)18/h12-13H,2-11H2,1H3,(H2,16,17,19,20)/t12-,13+/m1/s1. The monoisotopic (exact) mass is 281 g/mol. The zero-order chi connectivity index (χ0) is 14.4. The van der Waals surface area contributed by atoms with Crippen LogP contribution in [-0.4, -0.2) is 42.5 Å². The quantitative estimate of drug-likeness (QED) is 0.827. The van der Waals surface area contributed by atoms with Crippen LogP contribution >= 0.6 is 0 Å². The van der Waals surface area contributed by atoms with Gasteiger partial charge in [0.1, 0.15) is 0 Å². The van der Waals surface area contributed by atoms with Crippen molar-refractivity contribution < 1.29 is 9.59 Å². The fourth-order valence-electron chi connectivity index (χ4n) is 3.56. The first-order chi connectivity index (χ1) is 9.70. The summed E-state index contributed by atoms with van der Waals surface area (Å²) in [5.74, 6) is 0.587. The maximum Gasteiger partial charge on any atom is 0.321 e. The summed E-state index contributed by atoms with van der Waals surface area (Å²) in [6, 6.07) is 0.191. The number of carbonyl (C=O) groups excluding carboxylic acids is 2. The van der Waals surface area contributed by atoms with Gasteiger partial charge in [-0.05, 0) is 44.6 Å². The van der Waals surface area contributed by atoms with Crippen LogP contribution in [0.3, 0.4) is 0 Å². The second-order valence-corrected chi connectivity index (χ2v) is 6.03. The van der Waals surface area contributed by atoms with Crippen molar-refractivity contribution in [1.29, 1.82) is 0 Å². The average molecular weight is 281 g/mol. The molecule has 1 aliphatic carbocycles. The van der Waals surface area contributed by atoms with E-state index in [1.807, 2.05) is 6.92 Å². The molecule has 5 nitrogen and oxygen atoms in total. The number of urea groups is 1. The molecule has 0 aromatic carbocycles. The summed E-state index contributed by atoms with van der Waals surface area (Å²) >= 11 is 0. The molecule has 0 bridgehead atoms. The Hall–Kier alpha value is -1.10. The fraction of sp³-hybridized carbons (Fsp3) is 0.867. The third-order valence-electron chi connectivity index (χ3n) is 4.49. The van der Waals surface area contributed by atoms with Crippen LogP contribution < -0.4 is 10.6 Å². The Morgan fingerprint density at radius 2 is 1.90 bits per heavy atom. The molecule has 114 valence electrons. The highest BCUT2D eigenvalue weighted by molar-refractivity contribution is 5.95.